The Morgan fingerprint density at radius 1 is 1.44 bits per heavy atom. The Kier molecular flexibility index (Phi) is 3.39. The smallest absolute Gasteiger partial charge is 0.170 e. The van der Waals surface area contributed by atoms with Gasteiger partial charge in [-0.1, -0.05) is 11.6 Å². The lowest BCUT2D eigenvalue weighted by Gasteiger charge is -2.08. The third-order valence-corrected chi connectivity index (χ3v) is 3.18. The highest BCUT2D eigenvalue weighted by atomic mass is 35.5. The molecule has 18 heavy (non-hydrogen) atoms. The Morgan fingerprint density at radius 3 is 2.72 bits per heavy atom. The number of halogens is 1. The van der Waals surface area contributed by atoms with Crippen LogP contribution in [0.15, 0.2) is 18.2 Å². The van der Waals surface area contributed by atoms with Gasteiger partial charge in [0.15, 0.2) is 6.29 Å². The van der Waals surface area contributed by atoms with Crippen molar-refractivity contribution in [2.45, 2.75) is 6.92 Å². The van der Waals surface area contributed by atoms with Crippen molar-refractivity contribution in [2.75, 3.05) is 7.11 Å². The molecule has 0 amide bonds. The second-order valence-electron chi connectivity index (χ2n) is 3.92. The van der Waals surface area contributed by atoms with Crippen LogP contribution in [0.2, 0.25) is 5.02 Å². The fourth-order valence-corrected chi connectivity index (χ4v) is 2.13. The number of nitrogens with zero attached hydrogens (tertiary/aromatic N) is 2. The second kappa shape index (κ2) is 4.82. The number of hydrogen-bond acceptors (Lipinski definition) is 3. The van der Waals surface area contributed by atoms with E-state index in [1.54, 1.807) is 19.2 Å². The van der Waals surface area contributed by atoms with E-state index in [-0.39, 0.29) is 0 Å². The molecule has 0 atom stereocenters. The molecule has 0 spiro atoms. The molecule has 0 unspecified atom stereocenters. The summed E-state index contributed by atoms with van der Waals surface area (Å²) in [6.07, 6.45) is 0.750. The van der Waals surface area contributed by atoms with Gasteiger partial charge in [0.25, 0.3) is 0 Å². The molecule has 0 aliphatic carbocycles. The maximum absolute atomic E-state index is 11.0. The summed E-state index contributed by atoms with van der Waals surface area (Å²) in [6.45, 7) is 1.85. The molecular formula is C13H13ClN2O2. The fraction of sp³-hybridized carbons (Fsp3) is 0.231. The van der Waals surface area contributed by atoms with Crippen LogP contribution in [0.5, 0.6) is 5.75 Å². The lowest BCUT2D eigenvalue weighted by molar-refractivity contribution is 0.112. The largest absolute Gasteiger partial charge is 0.495 e. The summed E-state index contributed by atoms with van der Waals surface area (Å²) in [5.74, 6) is 1.38. The Balaban J connectivity index is 2.61. The van der Waals surface area contributed by atoms with Gasteiger partial charge >= 0.3 is 0 Å². The quantitative estimate of drug-likeness (QED) is 0.801. The Labute approximate surface area is 110 Å². The Hall–Kier alpha value is -1.81. The predicted molar refractivity (Wildman–Crippen MR) is 70.3 cm³/mol. The molecule has 4 nitrogen and oxygen atoms in total. The first-order valence-electron chi connectivity index (χ1n) is 5.41. The topological polar surface area (TPSA) is 44.1 Å². The Morgan fingerprint density at radius 2 is 2.17 bits per heavy atom. The Bertz CT molecular complexity index is 605. The second-order valence-corrected chi connectivity index (χ2v) is 4.33. The summed E-state index contributed by atoms with van der Waals surface area (Å²) in [5, 5.41) is 0.505. The van der Waals surface area contributed by atoms with Crippen molar-refractivity contribution in [1.82, 2.24) is 9.55 Å². The molecule has 0 saturated heterocycles. The highest BCUT2D eigenvalue weighted by Gasteiger charge is 2.14. The van der Waals surface area contributed by atoms with Crippen LogP contribution < -0.4 is 4.74 Å². The average Bonchev–Trinajstić information content (AvgIpc) is 2.65. The third kappa shape index (κ3) is 1.99. The molecule has 0 fully saturated rings. The zero-order valence-corrected chi connectivity index (χ0v) is 11.2. The molecule has 1 aromatic heterocycles. The van der Waals surface area contributed by atoms with Gasteiger partial charge in [-0.3, -0.25) is 4.79 Å². The van der Waals surface area contributed by atoms with Gasteiger partial charge in [0.2, 0.25) is 0 Å². The van der Waals surface area contributed by atoms with Crippen molar-refractivity contribution >= 4 is 17.9 Å². The number of carbonyl (C=O) groups excluding carboxylic acids is 1. The SMILES string of the molecule is COc1ccc(-c2c(C=O)nc(C)n2C)cc1Cl. The minimum Gasteiger partial charge on any atom is -0.495 e. The molecule has 2 rings (SSSR count). The molecule has 0 radical (unpaired) electrons. The number of aldehydes is 1. The van der Waals surface area contributed by atoms with Crippen LogP contribution in [0.25, 0.3) is 11.3 Å². The van der Waals surface area contributed by atoms with Crippen LogP contribution in [0, 0.1) is 6.92 Å². The van der Waals surface area contributed by atoms with Crippen LogP contribution in [0.1, 0.15) is 16.3 Å². The standard InChI is InChI=1S/C13H13ClN2O2/c1-8-15-11(7-17)13(16(8)2)9-4-5-12(18-3)10(14)6-9/h4-7H,1-3H3. The molecule has 0 saturated carbocycles. The summed E-state index contributed by atoms with van der Waals surface area (Å²) in [4.78, 5) is 15.2. The molecule has 0 bridgehead atoms. The maximum Gasteiger partial charge on any atom is 0.170 e. The first-order chi connectivity index (χ1) is 8.58. The van der Waals surface area contributed by atoms with Crippen molar-refractivity contribution in [2.24, 2.45) is 7.05 Å². The van der Waals surface area contributed by atoms with E-state index in [0.29, 0.717) is 16.5 Å². The molecular weight excluding hydrogens is 252 g/mol. The van der Waals surface area contributed by atoms with E-state index >= 15 is 0 Å². The first-order valence-corrected chi connectivity index (χ1v) is 5.78. The van der Waals surface area contributed by atoms with Gasteiger partial charge in [-0.15, -0.1) is 0 Å². The summed E-state index contributed by atoms with van der Waals surface area (Å²) >= 11 is 6.09. The first kappa shape index (κ1) is 12.6. The number of hydrogen-bond donors (Lipinski definition) is 0. The van der Waals surface area contributed by atoms with Crippen LogP contribution in [-0.2, 0) is 7.05 Å². The van der Waals surface area contributed by atoms with Gasteiger partial charge in [-0.2, -0.15) is 0 Å². The normalized spacial score (nSPS) is 10.4. The van der Waals surface area contributed by atoms with Gasteiger partial charge in [-0.05, 0) is 25.1 Å². The van der Waals surface area contributed by atoms with Crippen molar-refractivity contribution < 1.29 is 9.53 Å². The number of aryl methyl sites for hydroxylation is 1. The lowest BCUT2D eigenvalue weighted by atomic mass is 10.1. The van der Waals surface area contributed by atoms with Crippen LogP contribution in [-0.4, -0.2) is 22.9 Å². The van der Waals surface area contributed by atoms with Gasteiger partial charge in [0.05, 0.1) is 17.8 Å². The van der Waals surface area contributed by atoms with Gasteiger partial charge in [-0.25, -0.2) is 4.98 Å². The molecule has 1 heterocycles. The average molecular weight is 265 g/mol. The van der Waals surface area contributed by atoms with E-state index in [1.807, 2.05) is 24.6 Å². The predicted octanol–water partition coefficient (Wildman–Crippen LogP) is 2.87. The zero-order valence-electron chi connectivity index (χ0n) is 10.4. The minimum absolute atomic E-state index is 0.413. The molecule has 0 aliphatic heterocycles. The van der Waals surface area contributed by atoms with E-state index in [9.17, 15) is 4.79 Å². The van der Waals surface area contributed by atoms with Crippen molar-refractivity contribution in [3.8, 4) is 17.0 Å². The number of benzene rings is 1. The van der Waals surface area contributed by atoms with Crippen molar-refractivity contribution in [1.29, 1.82) is 0 Å². The van der Waals surface area contributed by atoms with Gasteiger partial charge in [0.1, 0.15) is 17.3 Å². The highest BCUT2D eigenvalue weighted by molar-refractivity contribution is 6.32. The van der Waals surface area contributed by atoms with Gasteiger partial charge < -0.3 is 9.30 Å². The molecule has 1 aromatic carbocycles. The third-order valence-electron chi connectivity index (χ3n) is 2.88. The summed E-state index contributed by atoms with van der Waals surface area (Å²) in [5.41, 5.74) is 2.01. The van der Waals surface area contributed by atoms with Gasteiger partial charge in [0, 0.05) is 12.6 Å². The summed E-state index contributed by atoms with van der Waals surface area (Å²) in [6, 6.07) is 5.40. The number of rotatable bonds is 3. The van der Waals surface area contributed by atoms with E-state index < -0.39 is 0 Å². The number of aromatic nitrogens is 2. The molecule has 0 aliphatic rings. The summed E-state index contributed by atoms with van der Waals surface area (Å²) < 4.78 is 6.97. The molecule has 5 heteroatoms. The zero-order chi connectivity index (χ0) is 13.3. The fourth-order valence-electron chi connectivity index (χ4n) is 1.87. The number of ether oxygens (including phenoxy) is 1. The van der Waals surface area contributed by atoms with E-state index in [1.165, 1.54) is 0 Å². The van der Waals surface area contributed by atoms with E-state index in [4.69, 9.17) is 16.3 Å². The van der Waals surface area contributed by atoms with E-state index in [2.05, 4.69) is 4.98 Å². The van der Waals surface area contributed by atoms with E-state index in [0.717, 1.165) is 23.4 Å². The number of methoxy groups -OCH3 is 1. The number of imidazole rings is 1. The van der Waals surface area contributed by atoms with Crippen LogP contribution in [0.4, 0.5) is 0 Å². The number of carbonyl (C=O) groups is 1. The van der Waals surface area contributed by atoms with Crippen LogP contribution in [0.3, 0.4) is 0 Å². The lowest BCUT2D eigenvalue weighted by Crippen LogP contribution is -1.96. The highest BCUT2D eigenvalue weighted by Crippen LogP contribution is 2.31. The van der Waals surface area contributed by atoms with Crippen LogP contribution >= 0.6 is 11.6 Å². The molecule has 2 aromatic rings. The summed E-state index contributed by atoms with van der Waals surface area (Å²) in [7, 11) is 3.43. The van der Waals surface area contributed by atoms with Crippen molar-refractivity contribution in [3.05, 3.63) is 34.7 Å². The molecule has 0 N–H and O–H groups in total. The minimum atomic E-state index is 0.413. The maximum atomic E-state index is 11.0. The molecule has 94 valence electrons. The van der Waals surface area contributed by atoms with Crippen molar-refractivity contribution in [3.63, 3.8) is 0 Å². The monoisotopic (exact) mass is 264 g/mol.